The maximum atomic E-state index is 10.5. The van der Waals surface area contributed by atoms with Gasteiger partial charge in [0.05, 0.1) is 4.92 Å². The molecule has 5 nitrogen and oxygen atoms in total. The third-order valence-corrected chi connectivity index (χ3v) is 4.38. The number of nitro groups is 1. The van der Waals surface area contributed by atoms with E-state index < -0.39 is 4.92 Å². The maximum Gasteiger partial charge on any atom is 0.287 e. The Labute approximate surface area is 132 Å². The van der Waals surface area contributed by atoms with Gasteiger partial charge in [0.1, 0.15) is 6.20 Å². The van der Waals surface area contributed by atoms with Gasteiger partial charge < -0.3 is 4.90 Å². The van der Waals surface area contributed by atoms with E-state index in [4.69, 9.17) is 0 Å². The van der Waals surface area contributed by atoms with Gasteiger partial charge in [-0.15, -0.1) is 0 Å². The van der Waals surface area contributed by atoms with Gasteiger partial charge in [-0.1, -0.05) is 25.7 Å². The topological polar surface area (TPSA) is 59.3 Å². The SMILES string of the molecule is O=[N+]([O-])c1ccc(CCCCCCCN2CCCCC2)nc1. The van der Waals surface area contributed by atoms with Gasteiger partial charge in [-0.2, -0.15) is 0 Å². The zero-order valence-corrected chi connectivity index (χ0v) is 13.4. The number of aromatic nitrogens is 1. The van der Waals surface area contributed by atoms with Gasteiger partial charge in [-0.25, -0.2) is 0 Å². The lowest BCUT2D eigenvalue weighted by Gasteiger charge is -2.26. The molecule has 1 fully saturated rings. The highest BCUT2D eigenvalue weighted by atomic mass is 16.6. The van der Waals surface area contributed by atoms with E-state index in [1.54, 1.807) is 12.1 Å². The summed E-state index contributed by atoms with van der Waals surface area (Å²) in [5, 5.41) is 10.5. The number of hydrogen-bond acceptors (Lipinski definition) is 4. The van der Waals surface area contributed by atoms with Crippen LogP contribution in [0.25, 0.3) is 0 Å². The second kappa shape index (κ2) is 9.51. The van der Waals surface area contributed by atoms with Crippen molar-refractivity contribution in [1.82, 2.24) is 9.88 Å². The van der Waals surface area contributed by atoms with Gasteiger partial charge in [0.15, 0.2) is 0 Å². The predicted octanol–water partition coefficient (Wildman–Crippen LogP) is 3.97. The van der Waals surface area contributed by atoms with Gasteiger partial charge in [-0.05, 0) is 57.8 Å². The van der Waals surface area contributed by atoms with Crippen LogP contribution in [-0.4, -0.2) is 34.4 Å². The molecule has 0 unspecified atom stereocenters. The van der Waals surface area contributed by atoms with Crippen molar-refractivity contribution < 1.29 is 4.92 Å². The molecule has 122 valence electrons. The first-order chi connectivity index (χ1) is 10.8. The monoisotopic (exact) mass is 305 g/mol. The van der Waals surface area contributed by atoms with Gasteiger partial charge in [0.2, 0.25) is 0 Å². The Kier molecular flexibility index (Phi) is 7.30. The van der Waals surface area contributed by atoms with Crippen LogP contribution in [0.2, 0.25) is 0 Å². The average molecular weight is 305 g/mol. The summed E-state index contributed by atoms with van der Waals surface area (Å²) in [6, 6.07) is 3.31. The number of rotatable bonds is 9. The number of likely N-dealkylation sites (tertiary alicyclic amines) is 1. The summed E-state index contributed by atoms with van der Waals surface area (Å²) >= 11 is 0. The molecule has 2 heterocycles. The largest absolute Gasteiger partial charge is 0.303 e. The molecule has 0 radical (unpaired) electrons. The van der Waals surface area contributed by atoms with Crippen LogP contribution >= 0.6 is 0 Å². The average Bonchev–Trinajstić information content (AvgIpc) is 2.55. The Morgan fingerprint density at radius 1 is 1.05 bits per heavy atom. The first kappa shape index (κ1) is 16.9. The Morgan fingerprint density at radius 3 is 2.45 bits per heavy atom. The Morgan fingerprint density at radius 2 is 1.77 bits per heavy atom. The normalized spacial score (nSPS) is 15.8. The number of hydrogen-bond donors (Lipinski definition) is 0. The van der Waals surface area contributed by atoms with Crippen molar-refractivity contribution in [2.75, 3.05) is 19.6 Å². The molecule has 0 aromatic carbocycles. The van der Waals surface area contributed by atoms with Crippen molar-refractivity contribution in [3.05, 3.63) is 34.1 Å². The lowest BCUT2D eigenvalue weighted by molar-refractivity contribution is -0.385. The quantitative estimate of drug-likeness (QED) is 0.393. The van der Waals surface area contributed by atoms with Crippen molar-refractivity contribution in [2.45, 2.75) is 57.8 Å². The molecule has 1 aromatic heterocycles. The molecule has 1 aliphatic heterocycles. The molecule has 0 spiro atoms. The van der Waals surface area contributed by atoms with Gasteiger partial charge in [0.25, 0.3) is 5.69 Å². The fourth-order valence-electron chi connectivity index (χ4n) is 3.03. The summed E-state index contributed by atoms with van der Waals surface area (Å²) in [4.78, 5) is 16.9. The fraction of sp³-hybridized carbons (Fsp3) is 0.706. The maximum absolute atomic E-state index is 10.5. The number of aryl methyl sites for hydroxylation is 1. The Bertz CT molecular complexity index is 442. The molecular weight excluding hydrogens is 278 g/mol. The Balaban J connectivity index is 1.49. The standard InChI is InChI=1S/C17H27N3O2/c21-20(22)17-11-10-16(18-15-17)9-5-2-1-3-6-12-19-13-7-4-8-14-19/h10-11,15H,1-9,12-14H2. The fourth-order valence-corrected chi connectivity index (χ4v) is 3.03. The van der Waals surface area contributed by atoms with E-state index in [1.165, 1.54) is 70.8 Å². The van der Waals surface area contributed by atoms with E-state index in [1.807, 2.05) is 0 Å². The second-order valence-electron chi connectivity index (χ2n) is 6.18. The van der Waals surface area contributed by atoms with Crippen molar-refractivity contribution in [1.29, 1.82) is 0 Å². The van der Waals surface area contributed by atoms with Gasteiger partial charge >= 0.3 is 0 Å². The van der Waals surface area contributed by atoms with Crippen LogP contribution < -0.4 is 0 Å². The van der Waals surface area contributed by atoms with E-state index in [0.717, 1.165) is 18.5 Å². The first-order valence-electron chi connectivity index (χ1n) is 8.57. The molecule has 0 bridgehead atoms. The number of pyridine rings is 1. The van der Waals surface area contributed by atoms with E-state index >= 15 is 0 Å². The molecule has 0 atom stereocenters. The number of unbranched alkanes of at least 4 members (excludes halogenated alkanes) is 4. The van der Waals surface area contributed by atoms with E-state index in [2.05, 4.69) is 9.88 Å². The first-order valence-corrected chi connectivity index (χ1v) is 8.57. The van der Waals surface area contributed by atoms with Crippen molar-refractivity contribution >= 4 is 5.69 Å². The lowest BCUT2D eigenvalue weighted by Crippen LogP contribution is -2.30. The zero-order chi connectivity index (χ0) is 15.6. The van der Waals surface area contributed by atoms with Crippen LogP contribution in [0.15, 0.2) is 18.3 Å². The van der Waals surface area contributed by atoms with Crippen LogP contribution in [0.1, 0.15) is 57.1 Å². The molecule has 2 rings (SSSR count). The van der Waals surface area contributed by atoms with Crippen molar-refractivity contribution in [3.63, 3.8) is 0 Å². The van der Waals surface area contributed by atoms with Crippen LogP contribution in [0, 0.1) is 10.1 Å². The second-order valence-corrected chi connectivity index (χ2v) is 6.18. The predicted molar refractivity (Wildman–Crippen MR) is 88.0 cm³/mol. The summed E-state index contributed by atoms with van der Waals surface area (Å²) in [5.41, 5.74) is 1.03. The highest BCUT2D eigenvalue weighted by molar-refractivity contribution is 5.26. The molecule has 1 aromatic rings. The summed E-state index contributed by atoms with van der Waals surface area (Å²) in [6.45, 7) is 3.86. The minimum atomic E-state index is -0.404. The van der Waals surface area contributed by atoms with E-state index in [9.17, 15) is 10.1 Å². The number of nitrogens with zero attached hydrogens (tertiary/aromatic N) is 3. The molecule has 22 heavy (non-hydrogen) atoms. The summed E-state index contributed by atoms with van der Waals surface area (Å²) in [6.07, 6.45) is 12.7. The van der Waals surface area contributed by atoms with Crippen LogP contribution in [0.3, 0.4) is 0 Å². The third-order valence-electron chi connectivity index (χ3n) is 4.38. The van der Waals surface area contributed by atoms with Crippen LogP contribution in [-0.2, 0) is 6.42 Å². The molecule has 1 saturated heterocycles. The smallest absolute Gasteiger partial charge is 0.287 e. The van der Waals surface area contributed by atoms with Crippen molar-refractivity contribution in [2.24, 2.45) is 0 Å². The molecule has 1 aliphatic rings. The van der Waals surface area contributed by atoms with E-state index in [-0.39, 0.29) is 5.69 Å². The molecule has 0 aliphatic carbocycles. The zero-order valence-electron chi connectivity index (χ0n) is 13.4. The van der Waals surface area contributed by atoms with Crippen molar-refractivity contribution in [3.8, 4) is 0 Å². The minimum Gasteiger partial charge on any atom is -0.303 e. The molecule has 0 saturated carbocycles. The third kappa shape index (κ3) is 6.10. The summed E-state index contributed by atoms with van der Waals surface area (Å²) < 4.78 is 0. The highest BCUT2D eigenvalue weighted by Crippen LogP contribution is 2.13. The van der Waals surface area contributed by atoms with Crippen LogP contribution in [0.5, 0.6) is 0 Å². The molecular formula is C17H27N3O2. The molecule has 0 N–H and O–H groups in total. The van der Waals surface area contributed by atoms with Gasteiger partial charge in [0, 0.05) is 11.8 Å². The number of piperidine rings is 1. The molecule has 0 amide bonds. The summed E-state index contributed by atoms with van der Waals surface area (Å²) in [5.74, 6) is 0. The van der Waals surface area contributed by atoms with E-state index in [0.29, 0.717) is 0 Å². The van der Waals surface area contributed by atoms with Crippen LogP contribution in [0.4, 0.5) is 5.69 Å². The summed E-state index contributed by atoms with van der Waals surface area (Å²) in [7, 11) is 0. The lowest BCUT2D eigenvalue weighted by atomic mass is 10.1. The Hall–Kier alpha value is -1.49. The molecule has 5 heteroatoms. The highest BCUT2D eigenvalue weighted by Gasteiger charge is 2.08. The minimum absolute atomic E-state index is 0.0708. The van der Waals surface area contributed by atoms with Gasteiger partial charge in [-0.3, -0.25) is 15.1 Å².